The maximum Gasteiger partial charge on any atom is 0.280 e. The normalized spacial score (nSPS) is 15.7. The van der Waals surface area contributed by atoms with Crippen LogP contribution in [0.1, 0.15) is 30.7 Å². The molecule has 24 heavy (non-hydrogen) atoms. The Balaban J connectivity index is 1.54. The summed E-state index contributed by atoms with van der Waals surface area (Å²) in [4.78, 5) is 11.2. The maximum absolute atomic E-state index is 5.31. The molecule has 124 valence electrons. The van der Waals surface area contributed by atoms with E-state index in [9.17, 15) is 0 Å². The standard InChI is InChI=1S/C18H20N4O2/c1-13-19-16(12-23-13)18-20-17(21-24-18)15-7-5-6-14(10-15)11-22-8-3-2-4-9-22/h5-7,10,12H,2-4,8-9,11H2,1H3. The van der Waals surface area contributed by atoms with Gasteiger partial charge in [0.1, 0.15) is 6.26 Å². The Bertz CT molecular complexity index is 818. The molecular formula is C18H20N4O2. The van der Waals surface area contributed by atoms with Crippen molar-refractivity contribution in [1.82, 2.24) is 20.0 Å². The highest BCUT2D eigenvalue weighted by atomic mass is 16.5. The monoisotopic (exact) mass is 324 g/mol. The first-order valence-corrected chi connectivity index (χ1v) is 8.36. The summed E-state index contributed by atoms with van der Waals surface area (Å²) < 4.78 is 10.5. The number of hydrogen-bond donors (Lipinski definition) is 0. The van der Waals surface area contributed by atoms with Crippen LogP contribution in [0.2, 0.25) is 0 Å². The quantitative estimate of drug-likeness (QED) is 0.729. The van der Waals surface area contributed by atoms with Crippen LogP contribution in [0.5, 0.6) is 0 Å². The summed E-state index contributed by atoms with van der Waals surface area (Å²) in [5.41, 5.74) is 2.80. The number of aryl methyl sites for hydroxylation is 1. The number of oxazole rings is 1. The lowest BCUT2D eigenvalue weighted by Gasteiger charge is -2.26. The van der Waals surface area contributed by atoms with Crippen molar-refractivity contribution in [2.24, 2.45) is 0 Å². The lowest BCUT2D eigenvalue weighted by atomic mass is 10.1. The molecule has 0 radical (unpaired) electrons. The lowest BCUT2D eigenvalue weighted by Crippen LogP contribution is -2.29. The number of piperidine rings is 1. The van der Waals surface area contributed by atoms with Gasteiger partial charge in [-0.3, -0.25) is 4.90 Å². The largest absolute Gasteiger partial charge is 0.448 e. The van der Waals surface area contributed by atoms with Crippen LogP contribution in [0.3, 0.4) is 0 Å². The minimum atomic E-state index is 0.378. The molecule has 0 saturated carbocycles. The van der Waals surface area contributed by atoms with E-state index in [-0.39, 0.29) is 0 Å². The molecule has 2 aromatic heterocycles. The van der Waals surface area contributed by atoms with Crippen LogP contribution in [0.25, 0.3) is 23.0 Å². The molecule has 4 rings (SSSR count). The van der Waals surface area contributed by atoms with Gasteiger partial charge in [0.15, 0.2) is 11.6 Å². The SMILES string of the molecule is Cc1nc(-c2nc(-c3cccc(CN4CCCCC4)c3)no2)co1. The van der Waals surface area contributed by atoms with Gasteiger partial charge in [-0.25, -0.2) is 4.98 Å². The molecule has 3 heterocycles. The lowest BCUT2D eigenvalue weighted by molar-refractivity contribution is 0.221. The van der Waals surface area contributed by atoms with Crippen molar-refractivity contribution in [3.8, 4) is 23.0 Å². The zero-order valence-electron chi connectivity index (χ0n) is 13.7. The molecule has 3 aromatic rings. The van der Waals surface area contributed by atoms with Crippen LogP contribution < -0.4 is 0 Å². The molecule has 1 fully saturated rings. The molecule has 1 aromatic carbocycles. The zero-order chi connectivity index (χ0) is 16.4. The van der Waals surface area contributed by atoms with Crippen LogP contribution in [0.4, 0.5) is 0 Å². The van der Waals surface area contributed by atoms with Gasteiger partial charge in [0, 0.05) is 19.0 Å². The highest BCUT2D eigenvalue weighted by Crippen LogP contribution is 2.23. The summed E-state index contributed by atoms with van der Waals surface area (Å²) in [5, 5.41) is 4.08. The number of benzene rings is 1. The van der Waals surface area contributed by atoms with Crippen molar-refractivity contribution in [2.75, 3.05) is 13.1 Å². The number of likely N-dealkylation sites (tertiary alicyclic amines) is 1. The Morgan fingerprint density at radius 3 is 2.79 bits per heavy atom. The van der Waals surface area contributed by atoms with Crippen molar-refractivity contribution >= 4 is 0 Å². The third kappa shape index (κ3) is 3.23. The van der Waals surface area contributed by atoms with Crippen molar-refractivity contribution < 1.29 is 8.94 Å². The van der Waals surface area contributed by atoms with E-state index in [1.807, 2.05) is 12.1 Å². The predicted octanol–water partition coefficient (Wildman–Crippen LogP) is 3.69. The van der Waals surface area contributed by atoms with E-state index in [1.165, 1.54) is 44.2 Å². The second-order valence-corrected chi connectivity index (χ2v) is 6.21. The van der Waals surface area contributed by atoms with Crippen molar-refractivity contribution in [3.05, 3.63) is 42.0 Å². The average Bonchev–Trinajstić information content (AvgIpc) is 3.25. The highest BCUT2D eigenvalue weighted by Gasteiger charge is 2.15. The van der Waals surface area contributed by atoms with Crippen LogP contribution in [0, 0.1) is 6.92 Å². The zero-order valence-corrected chi connectivity index (χ0v) is 13.7. The molecule has 6 nitrogen and oxygen atoms in total. The van der Waals surface area contributed by atoms with Gasteiger partial charge < -0.3 is 8.94 Å². The summed E-state index contributed by atoms with van der Waals surface area (Å²) in [6.45, 7) is 5.12. The molecule has 0 bridgehead atoms. The van der Waals surface area contributed by atoms with E-state index < -0.39 is 0 Å². The second kappa shape index (κ2) is 6.57. The molecule has 0 unspecified atom stereocenters. The number of nitrogens with zero attached hydrogens (tertiary/aromatic N) is 4. The number of hydrogen-bond acceptors (Lipinski definition) is 6. The van der Waals surface area contributed by atoms with Gasteiger partial charge in [-0.1, -0.05) is 29.8 Å². The van der Waals surface area contributed by atoms with Crippen LogP contribution in [0.15, 0.2) is 39.5 Å². The second-order valence-electron chi connectivity index (χ2n) is 6.21. The maximum atomic E-state index is 5.31. The van der Waals surface area contributed by atoms with E-state index in [0.29, 0.717) is 23.3 Å². The first kappa shape index (κ1) is 15.1. The summed E-state index contributed by atoms with van der Waals surface area (Å²) in [6, 6.07) is 8.34. The van der Waals surface area contributed by atoms with Crippen LogP contribution in [-0.2, 0) is 6.54 Å². The molecule has 0 N–H and O–H groups in total. The van der Waals surface area contributed by atoms with Crippen molar-refractivity contribution in [1.29, 1.82) is 0 Å². The van der Waals surface area contributed by atoms with Gasteiger partial charge in [-0.15, -0.1) is 0 Å². The van der Waals surface area contributed by atoms with Gasteiger partial charge in [0.25, 0.3) is 5.89 Å². The van der Waals surface area contributed by atoms with Gasteiger partial charge in [-0.05, 0) is 37.6 Å². The fourth-order valence-corrected chi connectivity index (χ4v) is 3.09. The fraction of sp³-hybridized carbons (Fsp3) is 0.389. The predicted molar refractivity (Wildman–Crippen MR) is 89.1 cm³/mol. The Kier molecular flexibility index (Phi) is 4.13. The average molecular weight is 324 g/mol. The van der Waals surface area contributed by atoms with E-state index in [0.717, 1.165) is 12.1 Å². The molecule has 0 amide bonds. The molecule has 0 atom stereocenters. The topological polar surface area (TPSA) is 68.2 Å². The van der Waals surface area contributed by atoms with Gasteiger partial charge in [0.05, 0.1) is 0 Å². The highest BCUT2D eigenvalue weighted by molar-refractivity contribution is 5.58. The Morgan fingerprint density at radius 2 is 2.00 bits per heavy atom. The first-order valence-electron chi connectivity index (χ1n) is 8.36. The molecule has 1 saturated heterocycles. The summed E-state index contributed by atoms with van der Waals surface area (Å²) in [7, 11) is 0. The minimum absolute atomic E-state index is 0.378. The van der Waals surface area contributed by atoms with Crippen LogP contribution >= 0.6 is 0 Å². The van der Waals surface area contributed by atoms with Gasteiger partial charge >= 0.3 is 0 Å². The summed E-state index contributed by atoms with van der Waals surface area (Å²) >= 11 is 0. The number of rotatable bonds is 4. The van der Waals surface area contributed by atoms with E-state index >= 15 is 0 Å². The summed E-state index contributed by atoms with van der Waals surface area (Å²) in [6.07, 6.45) is 5.47. The number of aromatic nitrogens is 3. The van der Waals surface area contributed by atoms with Gasteiger partial charge in [0.2, 0.25) is 5.82 Å². The smallest absolute Gasteiger partial charge is 0.280 e. The first-order chi connectivity index (χ1) is 11.8. The Hall–Kier alpha value is -2.47. The van der Waals surface area contributed by atoms with E-state index in [2.05, 4.69) is 32.2 Å². The Morgan fingerprint density at radius 1 is 1.12 bits per heavy atom. The molecule has 1 aliphatic rings. The van der Waals surface area contributed by atoms with Crippen molar-refractivity contribution in [3.63, 3.8) is 0 Å². The van der Waals surface area contributed by atoms with Gasteiger partial charge in [-0.2, -0.15) is 4.98 Å². The van der Waals surface area contributed by atoms with E-state index in [1.54, 1.807) is 6.92 Å². The molecule has 0 aliphatic carbocycles. The molecular weight excluding hydrogens is 304 g/mol. The third-order valence-electron chi connectivity index (χ3n) is 4.30. The molecule has 6 heteroatoms. The minimum Gasteiger partial charge on any atom is -0.448 e. The van der Waals surface area contributed by atoms with E-state index in [4.69, 9.17) is 8.94 Å². The molecule has 1 aliphatic heterocycles. The van der Waals surface area contributed by atoms with Crippen LogP contribution in [-0.4, -0.2) is 33.1 Å². The fourth-order valence-electron chi connectivity index (χ4n) is 3.09. The summed E-state index contributed by atoms with van der Waals surface area (Å²) in [5.74, 6) is 1.53. The Labute approximate surface area is 140 Å². The third-order valence-corrected chi connectivity index (χ3v) is 4.30. The molecule has 0 spiro atoms. The van der Waals surface area contributed by atoms with Crippen molar-refractivity contribution in [2.45, 2.75) is 32.7 Å².